The normalized spacial score (nSPS) is 11.6. The van der Waals surface area contributed by atoms with Crippen LogP contribution in [0.3, 0.4) is 0 Å². The molecule has 0 spiro atoms. The molecule has 0 fully saturated rings. The number of aromatic nitrogens is 2. The Kier molecular flexibility index (Phi) is 7.32. The van der Waals surface area contributed by atoms with E-state index in [1.165, 1.54) is 4.68 Å². The lowest BCUT2D eigenvalue weighted by Gasteiger charge is -2.14. The summed E-state index contributed by atoms with van der Waals surface area (Å²) in [5.41, 5.74) is 2.07. The van der Waals surface area contributed by atoms with E-state index < -0.39 is 0 Å². The quantitative estimate of drug-likeness (QED) is 0.224. The number of nitrogens with zero attached hydrogens (tertiary/aromatic N) is 3. The molecule has 1 heterocycles. The molecule has 3 aromatic carbocycles. The fraction of sp³-hybridized carbons (Fsp3) is 0.160. The molecule has 5 nitrogen and oxygen atoms in total. The van der Waals surface area contributed by atoms with E-state index in [9.17, 15) is 4.79 Å². The SMILES string of the molecule is CC(C)c1nc2ccc(Br)cc2c(=O)n1N=Cc1cc(Cl)cc(Br)c1OCc1ccccc1. The molecule has 0 amide bonds. The van der Waals surface area contributed by atoms with Gasteiger partial charge in [0.2, 0.25) is 0 Å². The molecule has 0 saturated carbocycles. The van der Waals surface area contributed by atoms with Gasteiger partial charge in [0.15, 0.2) is 0 Å². The first-order chi connectivity index (χ1) is 15.8. The Balaban J connectivity index is 1.78. The summed E-state index contributed by atoms with van der Waals surface area (Å²) in [5.74, 6) is 1.14. The van der Waals surface area contributed by atoms with Gasteiger partial charge in [-0.05, 0) is 51.8 Å². The van der Waals surface area contributed by atoms with E-state index in [0.29, 0.717) is 44.1 Å². The van der Waals surface area contributed by atoms with Crippen molar-refractivity contribution in [2.45, 2.75) is 26.4 Å². The highest BCUT2D eigenvalue weighted by molar-refractivity contribution is 9.10. The van der Waals surface area contributed by atoms with Crippen LogP contribution in [-0.2, 0) is 6.61 Å². The first kappa shape index (κ1) is 23.7. The van der Waals surface area contributed by atoms with Crippen molar-refractivity contribution >= 4 is 60.6 Å². The summed E-state index contributed by atoms with van der Waals surface area (Å²) in [6.07, 6.45) is 1.58. The van der Waals surface area contributed by atoms with Gasteiger partial charge in [-0.15, -0.1) is 0 Å². The van der Waals surface area contributed by atoms with E-state index in [1.54, 1.807) is 24.4 Å². The van der Waals surface area contributed by atoms with Gasteiger partial charge < -0.3 is 4.74 Å². The van der Waals surface area contributed by atoms with Crippen LogP contribution < -0.4 is 10.3 Å². The molecule has 168 valence electrons. The zero-order valence-electron chi connectivity index (χ0n) is 17.9. The molecule has 0 unspecified atom stereocenters. The third-order valence-corrected chi connectivity index (χ3v) is 6.23. The second-order valence-electron chi connectivity index (χ2n) is 7.73. The first-order valence-corrected chi connectivity index (χ1v) is 12.2. The van der Waals surface area contributed by atoms with Crippen molar-refractivity contribution in [2.24, 2.45) is 5.10 Å². The molecule has 0 aliphatic carbocycles. The van der Waals surface area contributed by atoms with Gasteiger partial charge in [-0.3, -0.25) is 4.79 Å². The van der Waals surface area contributed by atoms with Crippen molar-refractivity contribution < 1.29 is 4.74 Å². The zero-order chi connectivity index (χ0) is 23.5. The van der Waals surface area contributed by atoms with Crippen LogP contribution in [0.4, 0.5) is 0 Å². The molecule has 0 saturated heterocycles. The molecule has 0 radical (unpaired) electrons. The molecule has 1 aromatic heterocycles. The predicted molar refractivity (Wildman–Crippen MR) is 141 cm³/mol. The van der Waals surface area contributed by atoms with Crippen LogP contribution in [0.1, 0.15) is 36.7 Å². The van der Waals surface area contributed by atoms with Crippen LogP contribution in [0.15, 0.2) is 79.5 Å². The highest BCUT2D eigenvalue weighted by Gasteiger charge is 2.15. The largest absolute Gasteiger partial charge is 0.487 e. The van der Waals surface area contributed by atoms with Crippen LogP contribution in [0.5, 0.6) is 5.75 Å². The van der Waals surface area contributed by atoms with E-state index in [-0.39, 0.29) is 11.5 Å². The number of halogens is 3. The molecule has 0 atom stereocenters. The van der Waals surface area contributed by atoms with Gasteiger partial charge in [0.05, 0.1) is 21.6 Å². The zero-order valence-corrected chi connectivity index (χ0v) is 21.9. The number of benzene rings is 3. The molecular formula is C25H20Br2ClN3O2. The number of hydrogen-bond donors (Lipinski definition) is 0. The van der Waals surface area contributed by atoms with Gasteiger partial charge in [0.25, 0.3) is 5.56 Å². The maximum Gasteiger partial charge on any atom is 0.282 e. The van der Waals surface area contributed by atoms with E-state index in [0.717, 1.165) is 10.0 Å². The third-order valence-electron chi connectivity index (χ3n) is 4.93. The summed E-state index contributed by atoms with van der Waals surface area (Å²) in [6, 6.07) is 18.8. The third kappa shape index (κ3) is 5.37. The second-order valence-corrected chi connectivity index (χ2v) is 9.93. The molecule has 8 heteroatoms. The molecule has 4 rings (SSSR count). The van der Waals surface area contributed by atoms with Crippen molar-refractivity contribution in [3.8, 4) is 5.75 Å². The number of rotatable bonds is 6. The van der Waals surface area contributed by atoms with Crippen LogP contribution in [-0.4, -0.2) is 15.9 Å². The molecule has 0 bridgehead atoms. The highest BCUT2D eigenvalue weighted by atomic mass is 79.9. The van der Waals surface area contributed by atoms with E-state index in [4.69, 9.17) is 16.3 Å². The molecule has 0 aliphatic rings. The molecule has 33 heavy (non-hydrogen) atoms. The average Bonchev–Trinajstić information content (AvgIpc) is 2.78. The van der Waals surface area contributed by atoms with Crippen molar-refractivity contribution in [3.63, 3.8) is 0 Å². The second kappa shape index (κ2) is 10.2. The van der Waals surface area contributed by atoms with Gasteiger partial charge in [0.1, 0.15) is 18.2 Å². The Bertz CT molecular complexity index is 1400. The lowest BCUT2D eigenvalue weighted by Crippen LogP contribution is -2.23. The van der Waals surface area contributed by atoms with Crippen LogP contribution >= 0.6 is 43.5 Å². The van der Waals surface area contributed by atoms with Crippen molar-refractivity contribution in [1.29, 1.82) is 0 Å². The van der Waals surface area contributed by atoms with Crippen molar-refractivity contribution in [2.75, 3.05) is 0 Å². The van der Waals surface area contributed by atoms with Crippen molar-refractivity contribution in [3.05, 3.63) is 102 Å². The monoisotopic (exact) mass is 587 g/mol. The maximum absolute atomic E-state index is 13.3. The Morgan fingerprint density at radius 1 is 1.12 bits per heavy atom. The smallest absolute Gasteiger partial charge is 0.282 e. The van der Waals surface area contributed by atoms with E-state index >= 15 is 0 Å². The van der Waals surface area contributed by atoms with Crippen molar-refractivity contribution in [1.82, 2.24) is 9.66 Å². The fourth-order valence-corrected chi connectivity index (χ4v) is 4.64. The minimum atomic E-state index is -0.242. The predicted octanol–water partition coefficient (Wildman–Crippen LogP) is 7.16. The van der Waals surface area contributed by atoms with E-state index in [2.05, 4.69) is 41.9 Å². The Morgan fingerprint density at radius 2 is 1.88 bits per heavy atom. The summed E-state index contributed by atoms with van der Waals surface area (Å²) in [7, 11) is 0. The van der Waals surface area contributed by atoms with E-state index in [1.807, 2.05) is 56.3 Å². The van der Waals surface area contributed by atoms with Crippen LogP contribution in [0.2, 0.25) is 5.02 Å². The molecular weight excluding hydrogens is 570 g/mol. The Morgan fingerprint density at radius 3 is 2.61 bits per heavy atom. The fourth-order valence-electron chi connectivity index (χ4n) is 3.33. The average molecular weight is 590 g/mol. The first-order valence-electron chi connectivity index (χ1n) is 10.3. The van der Waals surface area contributed by atoms with Gasteiger partial charge in [-0.25, -0.2) is 4.98 Å². The molecule has 0 aliphatic heterocycles. The van der Waals surface area contributed by atoms with Gasteiger partial charge >= 0.3 is 0 Å². The highest BCUT2D eigenvalue weighted by Crippen LogP contribution is 2.32. The summed E-state index contributed by atoms with van der Waals surface area (Å²) in [6.45, 7) is 4.33. The van der Waals surface area contributed by atoms with Gasteiger partial charge in [-0.1, -0.05) is 71.7 Å². The summed E-state index contributed by atoms with van der Waals surface area (Å²) in [4.78, 5) is 18.0. The Labute approximate surface area is 213 Å². The number of ether oxygens (including phenoxy) is 1. The minimum Gasteiger partial charge on any atom is -0.487 e. The lowest BCUT2D eigenvalue weighted by molar-refractivity contribution is 0.304. The van der Waals surface area contributed by atoms with Gasteiger partial charge in [0, 0.05) is 21.0 Å². The molecule has 4 aromatic rings. The summed E-state index contributed by atoms with van der Waals surface area (Å²) in [5, 5.41) is 5.52. The summed E-state index contributed by atoms with van der Waals surface area (Å²) >= 11 is 13.3. The Hall–Kier alpha value is -2.48. The van der Waals surface area contributed by atoms with Gasteiger partial charge in [-0.2, -0.15) is 9.78 Å². The minimum absolute atomic E-state index is 0.0113. The molecule has 0 N–H and O–H groups in total. The maximum atomic E-state index is 13.3. The number of fused-ring (bicyclic) bond motifs is 1. The van der Waals surface area contributed by atoms with Crippen LogP contribution in [0.25, 0.3) is 10.9 Å². The number of hydrogen-bond acceptors (Lipinski definition) is 4. The topological polar surface area (TPSA) is 56.5 Å². The standard InChI is InChI=1S/C25H20Br2ClN3O2/c1-15(2)24-30-22-9-8-18(26)11-20(22)25(32)31(24)29-13-17-10-19(28)12-21(27)23(17)33-14-16-6-4-3-5-7-16/h3-13,15H,14H2,1-2H3. The lowest BCUT2D eigenvalue weighted by atomic mass is 10.2. The van der Waals surface area contributed by atoms with Crippen LogP contribution in [0, 0.1) is 0 Å². The summed E-state index contributed by atoms with van der Waals surface area (Å²) < 4.78 is 8.93.